The van der Waals surface area contributed by atoms with Gasteiger partial charge in [0.25, 0.3) is 0 Å². The molecule has 0 fully saturated rings. The molecule has 3 aromatic heterocycles. The van der Waals surface area contributed by atoms with Crippen molar-refractivity contribution in [2.24, 2.45) is 9.39 Å². The van der Waals surface area contributed by atoms with Crippen LogP contribution in [-0.4, -0.2) is 35.8 Å². The maximum atomic E-state index is 5.27. The number of para-hydroxylation sites is 3. The summed E-state index contributed by atoms with van der Waals surface area (Å²) in [5, 5.41) is 6.56. The van der Waals surface area contributed by atoms with Crippen molar-refractivity contribution in [1.29, 1.82) is 0 Å². The van der Waals surface area contributed by atoms with Crippen molar-refractivity contribution in [1.82, 2.24) is 24.1 Å². The lowest BCUT2D eigenvalue weighted by Crippen LogP contribution is -2.17. The van der Waals surface area contributed by atoms with E-state index < -0.39 is 0 Å². The molecule has 0 spiro atoms. The Hall–Kier alpha value is -7.68. The number of hydrogen-bond donors (Lipinski definition) is 0. The van der Waals surface area contributed by atoms with Crippen LogP contribution < -0.4 is 0 Å². The molecule has 0 saturated heterocycles. The van der Waals surface area contributed by atoms with E-state index in [1.54, 1.807) is 0 Å². The summed E-state index contributed by atoms with van der Waals surface area (Å²) in [6.45, 7) is 4.43. The van der Waals surface area contributed by atoms with Gasteiger partial charge in [0.2, 0.25) is 5.96 Å². The van der Waals surface area contributed by atoms with E-state index in [9.17, 15) is 0 Å². The van der Waals surface area contributed by atoms with Gasteiger partial charge in [-0.2, -0.15) is 4.40 Å². The van der Waals surface area contributed by atoms with Crippen LogP contribution in [0.1, 0.15) is 5.82 Å². The second kappa shape index (κ2) is 14.4. The monoisotopic (exact) mass is 775 g/mol. The number of hydrogen-bond acceptors (Lipinski definition) is 6. The highest BCUT2D eigenvalue weighted by Crippen LogP contribution is 2.38. The van der Waals surface area contributed by atoms with Crippen molar-refractivity contribution in [3.63, 3.8) is 0 Å². The number of aromatic nitrogens is 5. The van der Waals surface area contributed by atoms with Gasteiger partial charge in [-0.1, -0.05) is 134 Å². The van der Waals surface area contributed by atoms with Gasteiger partial charge in [0.15, 0.2) is 17.5 Å². The van der Waals surface area contributed by atoms with Crippen LogP contribution in [0.4, 0.5) is 0 Å². The number of rotatable bonds is 5. The van der Waals surface area contributed by atoms with Crippen LogP contribution in [0.5, 0.6) is 0 Å². The average Bonchev–Trinajstić information content (AvgIpc) is 3.81. The van der Waals surface area contributed by atoms with Gasteiger partial charge in [0.05, 0.1) is 22.1 Å². The number of allylic oxidation sites excluding steroid dienone is 2. The highest BCUT2D eigenvalue weighted by atomic mass is 32.2. The lowest BCUT2D eigenvalue weighted by molar-refractivity contribution is 1.04. The largest absolute Gasteiger partial charge is 0.309 e. The minimum Gasteiger partial charge on any atom is -0.309 e. The summed E-state index contributed by atoms with van der Waals surface area (Å²) in [4.78, 5) is 20.2. The first-order valence-corrected chi connectivity index (χ1v) is 20.2. The van der Waals surface area contributed by atoms with Crippen LogP contribution in [0.3, 0.4) is 0 Å². The van der Waals surface area contributed by atoms with E-state index in [2.05, 4.69) is 131 Å². The molecule has 0 saturated carbocycles. The molecule has 0 aliphatic carbocycles. The average molecular weight is 776 g/mol. The van der Waals surface area contributed by atoms with E-state index in [1.807, 2.05) is 72.1 Å². The molecule has 11 rings (SSSR count). The predicted octanol–water partition coefficient (Wildman–Crippen LogP) is 12.5. The Morgan fingerprint density at radius 1 is 0.424 bits per heavy atom. The van der Waals surface area contributed by atoms with Gasteiger partial charge in [-0.25, -0.2) is 19.9 Å². The van der Waals surface area contributed by atoms with Gasteiger partial charge in [0.1, 0.15) is 5.71 Å². The Kier molecular flexibility index (Phi) is 8.41. The van der Waals surface area contributed by atoms with Gasteiger partial charge in [-0.15, -0.1) is 0 Å². The summed E-state index contributed by atoms with van der Waals surface area (Å²) in [5.74, 6) is 2.01. The quantitative estimate of drug-likeness (QED) is 0.163. The van der Waals surface area contributed by atoms with E-state index in [0.29, 0.717) is 34.7 Å². The number of fused-ring (bicyclic) bond motifs is 6. The third kappa shape index (κ3) is 6.05. The Balaban J connectivity index is 1.07. The SMILES string of the molecule is C=C1/C=C\SN=C(n2c3ccccc3c3cc(-c4ccc5c(c4)c4ccccc4n5-c4ccccc4)ccc32)N=C1c1nc(-c2ccccc2)nc(-c2ccccc2)n1. The van der Waals surface area contributed by atoms with E-state index in [4.69, 9.17) is 24.3 Å². The Labute approximate surface area is 344 Å². The van der Waals surface area contributed by atoms with Gasteiger partial charge < -0.3 is 4.57 Å². The second-order valence-electron chi connectivity index (χ2n) is 14.3. The van der Waals surface area contributed by atoms with Crippen molar-refractivity contribution in [3.8, 4) is 39.6 Å². The van der Waals surface area contributed by atoms with Crippen LogP contribution in [0, 0.1) is 0 Å². The molecule has 8 heteroatoms. The molecule has 0 unspecified atom stereocenters. The highest BCUT2D eigenvalue weighted by Gasteiger charge is 2.22. The third-order valence-electron chi connectivity index (χ3n) is 10.8. The minimum atomic E-state index is 0.416. The lowest BCUT2D eigenvalue weighted by atomic mass is 10.0. The molecule has 4 heterocycles. The van der Waals surface area contributed by atoms with Gasteiger partial charge in [-0.3, -0.25) is 4.57 Å². The molecule has 0 N–H and O–H groups in total. The first-order chi connectivity index (χ1) is 29.2. The van der Waals surface area contributed by atoms with Crippen molar-refractivity contribution in [3.05, 3.63) is 205 Å². The molecular formula is C51H33N7S. The summed E-state index contributed by atoms with van der Waals surface area (Å²) < 4.78 is 9.45. The number of aliphatic imine (C=N–C) groups is 1. The molecule has 0 radical (unpaired) electrons. The molecular weight excluding hydrogens is 743 g/mol. The van der Waals surface area contributed by atoms with Crippen LogP contribution >= 0.6 is 11.9 Å². The Morgan fingerprint density at radius 2 is 0.898 bits per heavy atom. The van der Waals surface area contributed by atoms with Crippen molar-refractivity contribution in [2.75, 3.05) is 0 Å². The predicted molar refractivity (Wildman–Crippen MR) is 245 cm³/mol. The van der Waals surface area contributed by atoms with E-state index >= 15 is 0 Å². The van der Waals surface area contributed by atoms with E-state index in [-0.39, 0.29) is 0 Å². The molecule has 278 valence electrons. The summed E-state index contributed by atoms with van der Waals surface area (Å²) in [6.07, 6.45) is 1.91. The number of nitrogens with zero attached hydrogens (tertiary/aromatic N) is 7. The maximum absolute atomic E-state index is 5.27. The van der Waals surface area contributed by atoms with Crippen molar-refractivity contribution >= 4 is 67.2 Å². The first-order valence-electron chi connectivity index (χ1n) is 19.4. The van der Waals surface area contributed by atoms with Crippen LogP contribution in [0.15, 0.2) is 209 Å². The standard InChI is InChI=1S/C51H33N7S/c1-33-29-30-59-56-51(52-47(33)50-54-48(34-15-5-2-6-16-34)53-49(55-50)35-17-7-3-8-18-35)58-44-24-14-12-22-40(44)42-32-37(26-28-46(42)58)36-25-27-45-41(31-36)39-21-11-13-23-43(39)57(45)38-19-9-4-10-20-38/h2-32H,1H2/b30-29-,52-47?,56-51?. The zero-order chi connectivity index (χ0) is 39.3. The van der Waals surface area contributed by atoms with Crippen LogP contribution in [0.25, 0.3) is 83.2 Å². The van der Waals surface area contributed by atoms with Crippen LogP contribution in [-0.2, 0) is 0 Å². The third-order valence-corrected chi connectivity index (χ3v) is 11.3. The molecule has 7 aromatic carbocycles. The van der Waals surface area contributed by atoms with Gasteiger partial charge >= 0.3 is 0 Å². The molecule has 0 amide bonds. The molecule has 10 aromatic rings. The maximum Gasteiger partial charge on any atom is 0.242 e. The summed E-state index contributed by atoms with van der Waals surface area (Å²) in [7, 11) is 0. The topological polar surface area (TPSA) is 73.2 Å². The van der Waals surface area contributed by atoms with E-state index in [0.717, 1.165) is 49.7 Å². The smallest absolute Gasteiger partial charge is 0.242 e. The zero-order valence-corrected chi connectivity index (χ0v) is 32.5. The summed E-state index contributed by atoms with van der Waals surface area (Å²) >= 11 is 1.32. The fourth-order valence-corrected chi connectivity index (χ4v) is 8.54. The van der Waals surface area contributed by atoms with Crippen molar-refractivity contribution in [2.45, 2.75) is 0 Å². The fraction of sp³-hybridized carbons (Fsp3) is 0. The molecule has 7 nitrogen and oxygen atoms in total. The van der Waals surface area contributed by atoms with Crippen LogP contribution in [0.2, 0.25) is 0 Å². The number of benzene rings is 7. The Bertz CT molecular complexity index is 3300. The summed E-state index contributed by atoms with van der Waals surface area (Å²) in [5.41, 5.74) is 10.7. The molecule has 0 bridgehead atoms. The van der Waals surface area contributed by atoms with Gasteiger partial charge in [-0.05, 0) is 76.7 Å². The van der Waals surface area contributed by atoms with E-state index in [1.165, 1.54) is 33.8 Å². The highest BCUT2D eigenvalue weighted by molar-refractivity contribution is 8.01. The fourth-order valence-electron chi connectivity index (χ4n) is 8.04. The Morgan fingerprint density at radius 3 is 1.49 bits per heavy atom. The second-order valence-corrected chi connectivity index (χ2v) is 15.0. The molecule has 1 aliphatic heterocycles. The first kappa shape index (κ1) is 34.6. The molecule has 0 atom stereocenters. The summed E-state index contributed by atoms with van der Waals surface area (Å²) in [6, 6.07) is 61.0. The lowest BCUT2D eigenvalue weighted by Gasteiger charge is -2.14. The molecule has 1 aliphatic rings. The van der Waals surface area contributed by atoms with Gasteiger partial charge in [0, 0.05) is 50.3 Å². The van der Waals surface area contributed by atoms with Crippen molar-refractivity contribution < 1.29 is 0 Å². The minimum absolute atomic E-state index is 0.416. The molecule has 59 heavy (non-hydrogen) atoms. The zero-order valence-electron chi connectivity index (χ0n) is 31.6. The normalized spacial score (nSPS) is 13.7.